The second-order valence-corrected chi connectivity index (χ2v) is 5.51. The summed E-state index contributed by atoms with van der Waals surface area (Å²) in [7, 11) is 0. The normalized spacial score (nSPS) is 16.8. The largest absolute Gasteiger partial charge is 0.326 e. The molecular weight excluding hydrogens is 184 g/mol. The lowest BCUT2D eigenvalue weighted by Crippen LogP contribution is -2.54. The maximum atomic E-state index is 6.27. The zero-order chi connectivity index (χ0) is 12.1. The van der Waals surface area contributed by atoms with E-state index in [1.54, 1.807) is 0 Å². The highest BCUT2D eigenvalue weighted by Gasteiger charge is 2.33. The molecule has 2 atom stereocenters. The molecular formula is C13H30N2. The van der Waals surface area contributed by atoms with Crippen LogP contribution < -0.4 is 5.73 Å². The van der Waals surface area contributed by atoms with Gasteiger partial charge in [0.05, 0.1) is 0 Å². The zero-order valence-corrected chi connectivity index (χ0v) is 11.5. The molecule has 0 aromatic heterocycles. The van der Waals surface area contributed by atoms with Crippen LogP contribution in [0.2, 0.25) is 0 Å². The van der Waals surface area contributed by atoms with Crippen molar-refractivity contribution in [3.63, 3.8) is 0 Å². The Morgan fingerprint density at radius 2 is 1.67 bits per heavy atom. The molecule has 0 aliphatic heterocycles. The van der Waals surface area contributed by atoms with Crippen molar-refractivity contribution >= 4 is 0 Å². The van der Waals surface area contributed by atoms with Crippen molar-refractivity contribution in [2.24, 2.45) is 11.1 Å². The first kappa shape index (κ1) is 14.9. The van der Waals surface area contributed by atoms with Crippen LogP contribution in [0.3, 0.4) is 0 Å². The monoisotopic (exact) mass is 214 g/mol. The van der Waals surface area contributed by atoms with Crippen molar-refractivity contribution in [3.05, 3.63) is 0 Å². The first-order valence-electron chi connectivity index (χ1n) is 6.38. The third kappa shape index (κ3) is 4.52. The average molecular weight is 214 g/mol. The van der Waals surface area contributed by atoms with Gasteiger partial charge in [-0.3, -0.25) is 4.90 Å². The molecule has 2 N–H and O–H groups in total. The standard InChI is InChI=1S/C13H30N2/c1-7-10-15(9-3)12(11(14)8-2)13(4,5)6/h11-12H,7-10,14H2,1-6H3. The molecule has 2 unspecified atom stereocenters. The highest BCUT2D eigenvalue weighted by Crippen LogP contribution is 2.27. The van der Waals surface area contributed by atoms with E-state index in [-0.39, 0.29) is 11.5 Å². The van der Waals surface area contributed by atoms with Crippen LogP contribution in [-0.2, 0) is 0 Å². The molecule has 0 aromatic rings. The second-order valence-electron chi connectivity index (χ2n) is 5.51. The lowest BCUT2D eigenvalue weighted by atomic mass is 9.80. The minimum absolute atomic E-state index is 0.264. The van der Waals surface area contributed by atoms with Crippen molar-refractivity contribution in [3.8, 4) is 0 Å². The van der Waals surface area contributed by atoms with Crippen LogP contribution in [0.4, 0.5) is 0 Å². The van der Waals surface area contributed by atoms with Crippen LogP contribution >= 0.6 is 0 Å². The van der Waals surface area contributed by atoms with E-state index in [4.69, 9.17) is 5.73 Å². The summed E-state index contributed by atoms with van der Waals surface area (Å²) in [4.78, 5) is 2.54. The highest BCUT2D eigenvalue weighted by molar-refractivity contribution is 4.90. The first-order valence-corrected chi connectivity index (χ1v) is 6.38. The van der Waals surface area contributed by atoms with Gasteiger partial charge in [0.15, 0.2) is 0 Å². The van der Waals surface area contributed by atoms with Crippen LogP contribution in [0.25, 0.3) is 0 Å². The SMILES string of the molecule is CCCN(CC)C(C(N)CC)C(C)(C)C. The van der Waals surface area contributed by atoms with Gasteiger partial charge in [-0.2, -0.15) is 0 Å². The van der Waals surface area contributed by atoms with Crippen LogP contribution in [0.15, 0.2) is 0 Å². The van der Waals surface area contributed by atoms with Gasteiger partial charge in [0.2, 0.25) is 0 Å². The summed E-state index contributed by atoms with van der Waals surface area (Å²) in [5.74, 6) is 0. The fourth-order valence-corrected chi connectivity index (χ4v) is 2.47. The molecule has 0 aromatic carbocycles. The second kappa shape index (κ2) is 6.49. The number of nitrogens with two attached hydrogens (primary N) is 1. The minimum atomic E-state index is 0.264. The molecule has 2 nitrogen and oxygen atoms in total. The molecule has 15 heavy (non-hydrogen) atoms. The van der Waals surface area contributed by atoms with Gasteiger partial charge in [0, 0.05) is 12.1 Å². The maximum absolute atomic E-state index is 6.27. The molecule has 0 rings (SSSR count). The van der Waals surface area contributed by atoms with Gasteiger partial charge in [-0.05, 0) is 31.3 Å². The molecule has 92 valence electrons. The van der Waals surface area contributed by atoms with Crippen molar-refractivity contribution in [2.45, 2.75) is 66.5 Å². The van der Waals surface area contributed by atoms with Gasteiger partial charge in [0.25, 0.3) is 0 Å². The zero-order valence-electron chi connectivity index (χ0n) is 11.5. The number of rotatable bonds is 6. The van der Waals surface area contributed by atoms with E-state index in [0.29, 0.717) is 6.04 Å². The van der Waals surface area contributed by atoms with Gasteiger partial charge in [0.1, 0.15) is 0 Å². The highest BCUT2D eigenvalue weighted by atomic mass is 15.2. The van der Waals surface area contributed by atoms with Crippen LogP contribution in [0, 0.1) is 5.41 Å². The predicted molar refractivity (Wildman–Crippen MR) is 69.0 cm³/mol. The van der Waals surface area contributed by atoms with E-state index in [1.165, 1.54) is 6.42 Å². The Labute approximate surface area is 96.2 Å². The Morgan fingerprint density at radius 1 is 1.13 bits per heavy atom. The van der Waals surface area contributed by atoms with E-state index in [2.05, 4.69) is 46.4 Å². The third-order valence-corrected chi connectivity index (χ3v) is 3.07. The van der Waals surface area contributed by atoms with Crippen molar-refractivity contribution in [1.82, 2.24) is 4.90 Å². The lowest BCUT2D eigenvalue weighted by molar-refractivity contribution is 0.0808. The molecule has 0 fully saturated rings. The van der Waals surface area contributed by atoms with E-state index >= 15 is 0 Å². The quantitative estimate of drug-likeness (QED) is 0.736. The number of nitrogens with zero attached hydrogens (tertiary/aromatic N) is 1. The van der Waals surface area contributed by atoms with Gasteiger partial charge in [-0.1, -0.05) is 41.5 Å². The Kier molecular flexibility index (Phi) is 6.46. The molecule has 0 spiro atoms. The molecule has 0 aliphatic carbocycles. The number of hydrogen-bond acceptors (Lipinski definition) is 2. The van der Waals surface area contributed by atoms with Crippen LogP contribution in [-0.4, -0.2) is 30.1 Å². The molecule has 0 radical (unpaired) electrons. The lowest BCUT2D eigenvalue weighted by Gasteiger charge is -2.43. The summed E-state index contributed by atoms with van der Waals surface area (Å²) in [6.07, 6.45) is 2.26. The van der Waals surface area contributed by atoms with Crippen molar-refractivity contribution in [2.75, 3.05) is 13.1 Å². The topological polar surface area (TPSA) is 29.3 Å². The molecule has 0 heterocycles. The van der Waals surface area contributed by atoms with E-state index in [1.807, 2.05) is 0 Å². The Balaban J connectivity index is 4.73. The van der Waals surface area contributed by atoms with Gasteiger partial charge in [-0.15, -0.1) is 0 Å². The number of likely N-dealkylation sites (N-methyl/N-ethyl adjacent to an activating group) is 1. The molecule has 0 aliphatic rings. The summed E-state index contributed by atoms with van der Waals surface area (Å²) in [5.41, 5.74) is 6.53. The molecule has 0 bridgehead atoms. The fraction of sp³-hybridized carbons (Fsp3) is 1.00. The summed E-state index contributed by atoms with van der Waals surface area (Å²) in [5, 5.41) is 0. The van der Waals surface area contributed by atoms with E-state index in [9.17, 15) is 0 Å². The van der Waals surface area contributed by atoms with Crippen LogP contribution in [0.5, 0.6) is 0 Å². The minimum Gasteiger partial charge on any atom is -0.326 e. The Morgan fingerprint density at radius 3 is 1.93 bits per heavy atom. The van der Waals surface area contributed by atoms with Gasteiger partial charge in [-0.25, -0.2) is 0 Å². The van der Waals surface area contributed by atoms with E-state index < -0.39 is 0 Å². The smallest absolute Gasteiger partial charge is 0.0295 e. The Hall–Kier alpha value is -0.0800. The van der Waals surface area contributed by atoms with Crippen LogP contribution in [0.1, 0.15) is 54.4 Å². The summed E-state index contributed by atoms with van der Waals surface area (Å²) < 4.78 is 0. The summed E-state index contributed by atoms with van der Waals surface area (Å²) >= 11 is 0. The summed E-state index contributed by atoms with van der Waals surface area (Å²) in [6, 6.07) is 0.781. The van der Waals surface area contributed by atoms with E-state index in [0.717, 1.165) is 19.5 Å². The van der Waals surface area contributed by atoms with Crippen molar-refractivity contribution < 1.29 is 0 Å². The van der Waals surface area contributed by atoms with Crippen molar-refractivity contribution in [1.29, 1.82) is 0 Å². The first-order chi connectivity index (χ1) is 6.88. The third-order valence-electron chi connectivity index (χ3n) is 3.07. The molecule has 2 heteroatoms. The Bertz CT molecular complexity index is 160. The van der Waals surface area contributed by atoms with Gasteiger partial charge >= 0.3 is 0 Å². The molecule has 0 saturated carbocycles. The number of hydrogen-bond donors (Lipinski definition) is 1. The fourth-order valence-electron chi connectivity index (χ4n) is 2.47. The summed E-state index contributed by atoms with van der Waals surface area (Å²) in [6.45, 7) is 15.8. The molecule has 0 amide bonds. The maximum Gasteiger partial charge on any atom is 0.0295 e. The average Bonchev–Trinajstić information content (AvgIpc) is 2.14. The molecule has 0 saturated heterocycles. The predicted octanol–water partition coefficient (Wildman–Crippen LogP) is 2.87. The van der Waals surface area contributed by atoms with Gasteiger partial charge < -0.3 is 5.73 Å².